The van der Waals surface area contributed by atoms with Crippen molar-refractivity contribution in [3.63, 3.8) is 0 Å². The largest absolute Gasteiger partial charge is 0.435 e. The van der Waals surface area contributed by atoms with E-state index >= 15 is 0 Å². The third kappa shape index (κ3) is 2.98. The van der Waals surface area contributed by atoms with Crippen LogP contribution >= 0.6 is 0 Å². The minimum Gasteiger partial charge on any atom is -0.328 e. The van der Waals surface area contributed by atoms with Crippen LogP contribution in [0.4, 0.5) is 17.6 Å². The van der Waals surface area contributed by atoms with E-state index in [1.54, 1.807) is 13.0 Å². The maximum Gasteiger partial charge on any atom is 0.435 e. The van der Waals surface area contributed by atoms with Gasteiger partial charge in [-0.15, -0.1) is 0 Å². The summed E-state index contributed by atoms with van der Waals surface area (Å²) in [7, 11) is 0. The Morgan fingerprint density at radius 1 is 1.30 bits per heavy atom. The molecule has 3 nitrogen and oxygen atoms in total. The summed E-state index contributed by atoms with van der Waals surface area (Å²) in [5.41, 5.74) is 5.11. The van der Waals surface area contributed by atoms with Gasteiger partial charge in [0, 0.05) is 12.2 Å². The summed E-state index contributed by atoms with van der Waals surface area (Å²) in [6.07, 6.45) is -3.13. The summed E-state index contributed by atoms with van der Waals surface area (Å²) >= 11 is 0. The van der Waals surface area contributed by atoms with E-state index in [1.165, 1.54) is 12.1 Å². The van der Waals surface area contributed by atoms with Gasteiger partial charge in [0.1, 0.15) is 11.5 Å². The SMILES string of the molecule is CC(N)Cc1cccc(F)c1-n1ccc(C(F)(F)F)n1. The topological polar surface area (TPSA) is 43.8 Å². The monoisotopic (exact) mass is 287 g/mol. The fraction of sp³-hybridized carbons (Fsp3) is 0.308. The highest BCUT2D eigenvalue weighted by Crippen LogP contribution is 2.29. The molecule has 2 rings (SSSR count). The number of benzene rings is 1. The zero-order valence-electron chi connectivity index (χ0n) is 10.7. The molecule has 0 bridgehead atoms. The molecule has 1 unspecified atom stereocenters. The summed E-state index contributed by atoms with van der Waals surface area (Å²) in [4.78, 5) is 0. The molecule has 0 aliphatic rings. The minimum atomic E-state index is -4.56. The highest BCUT2D eigenvalue weighted by Gasteiger charge is 2.34. The Morgan fingerprint density at radius 2 is 2.00 bits per heavy atom. The number of rotatable bonds is 3. The highest BCUT2D eigenvalue weighted by molar-refractivity contribution is 5.42. The molecule has 0 aliphatic carbocycles. The van der Waals surface area contributed by atoms with Gasteiger partial charge in [-0.1, -0.05) is 12.1 Å². The van der Waals surface area contributed by atoms with Gasteiger partial charge in [-0.25, -0.2) is 9.07 Å². The van der Waals surface area contributed by atoms with Gasteiger partial charge >= 0.3 is 6.18 Å². The molecule has 0 saturated carbocycles. The van der Waals surface area contributed by atoms with Crippen LogP contribution in [0.1, 0.15) is 18.2 Å². The molecule has 0 saturated heterocycles. The molecule has 20 heavy (non-hydrogen) atoms. The van der Waals surface area contributed by atoms with Gasteiger partial charge in [0.25, 0.3) is 0 Å². The average Bonchev–Trinajstić information content (AvgIpc) is 2.77. The van der Waals surface area contributed by atoms with Gasteiger partial charge in [0.2, 0.25) is 0 Å². The van der Waals surface area contributed by atoms with Crippen LogP contribution < -0.4 is 5.73 Å². The normalized spacial score (nSPS) is 13.5. The average molecular weight is 287 g/mol. The highest BCUT2D eigenvalue weighted by atomic mass is 19.4. The quantitative estimate of drug-likeness (QED) is 0.882. The van der Waals surface area contributed by atoms with Gasteiger partial charge in [0.05, 0.1) is 0 Å². The Balaban J connectivity index is 2.49. The molecule has 2 aromatic rings. The number of aromatic nitrogens is 2. The van der Waals surface area contributed by atoms with Crippen molar-refractivity contribution in [1.29, 1.82) is 0 Å². The number of halogens is 4. The first kappa shape index (κ1) is 14.5. The van der Waals surface area contributed by atoms with Crippen molar-refractivity contribution in [1.82, 2.24) is 9.78 Å². The maximum absolute atomic E-state index is 13.9. The van der Waals surface area contributed by atoms with E-state index in [0.717, 1.165) is 16.9 Å². The lowest BCUT2D eigenvalue weighted by Gasteiger charge is -2.12. The van der Waals surface area contributed by atoms with Gasteiger partial charge in [-0.2, -0.15) is 18.3 Å². The summed E-state index contributed by atoms with van der Waals surface area (Å²) in [6, 6.07) is 4.85. The van der Waals surface area contributed by atoms with Crippen LogP contribution in [0.25, 0.3) is 5.69 Å². The molecule has 108 valence electrons. The fourth-order valence-electron chi connectivity index (χ4n) is 1.93. The molecular weight excluding hydrogens is 274 g/mol. The van der Waals surface area contributed by atoms with Crippen molar-refractivity contribution in [2.45, 2.75) is 25.6 Å². The second-order valence-corrected chi connectivity index (χ2v) is 4.57. The molecule has 1 aromatic carbocycles. The maximum atomic E-state index is 13.9. The van der Waals surface area contributed by atoms with Crippen molar-refractivity contribution in [3.8, 4) is 5.69 Å². The fourth-order valence-corrected chi connectivity index (χ4v) is 1.93. The summed E-state index contributed by atoms with van der Waals surface area (Å²) < 4.78 is 52.4. The number of nitrogens with two attached hydrogens (primary N) is 1. The summed E-state index contributed by atoms with van der Waals surface area (Å²) in [5, 5.41) is 3.39. The third-order valence-corrected chi connectivity index (χ3v) is 2.72. The van der Waals surface area contributed by atoms with Crippen LogP contribution in [0.2, 0.25) is 0 Å². The van der Waals surface area contributed by atoms with Crippen LogP contribution in [0.5, 0.6) is 0 Å². The second kappa shape index (κ2) is 5.24. The molecule has 0 radical (unpaired) electrons. The standard InChI is InChI=1S/C13H13F4N3/c1-8(18)7-9-3-2-4-10(14)12(9)20-6-5-11(19-20)13(15,16)17/h2-6,8H,7,18H2,1H3. The molecular formula is C13H13F4N3. The first-order valence-electron chi connectivity index (χ1n) is 5.95. The minimum absolute atomic E-state index is 0.000278. The van der Waals surface area contributed by atoms with Crippen molar-refractivity contribution >= 4 is 0 Å². The van der Waals surface area contributed by atoms with Crippen LogP contribution in [-0.4, -0.2) is 15.8 Å². The number of nitrogens with zero attached hydrogens (tertiary/aromatic N) is 2. The van der Waals surface area contributed by atoms with Crippen molar-refractivity contribution in [2.24, 2.45) is 5.73 Å². The number of hydrogen-bond donors (Lipinski definition) is 1. The van der Waals surface area contributed by atoms with E-state index in [2.05, 4.69) is 5.10 Å². The first-order valence-corrected chi connectivity index (χ1v) is 5.95. The number of hydrogen-bond acceptors (Lipinski definition) is 2. The van der Waals surface area contributed by atoms with E-state index < -0.39 is 17.7 Å². The predicted molar refractivity (Wildman–Crippen MR) is 65.9 cm³/mol. The van der Waals surface area contributed by atoms with Gasteiger partial charge in [0.15, 0.2) is 5.69 Å². The molecule has 0 amide bonds. The van der Waals surface area contributed by atoms with E-state index in [1.807, 2.05) is 0 Å². The molecule has 1 aromatic heterocycles. The lowest BCUT2D eigenvalue weighted by molar-refractivity contribution is -0.141. The smallest absolute Gasteiger partial charge is 0.328 e. The van der Waals surface area contributed by atoms with Gasteiger partial charge < -0.3 is 5.73 Å². The van der Waals surface area contributed by atoms with Crippen molar-refractivity contribution < 1.29 is 17.6 Å². The van der Waals surface area contributed by atoms with Crippen LogP contribution in [-0.2, 0) is 12.6 Å². The van der Waals surface area contributed by atoms with Crippen molar-refractivity contribution in [3.05, 3.63) is 47.5 Å². The van der Waals surface area contributed by atoms with Crippen LogP contribution in [0.3, 0.4) is 0 Å². The van der Waals surface area contributed by atoms with E-state index in [4.69, 9.17) is 5.73 Å². The Hall–Kier alpha value is -1.89. The van der Waals surface area contributed by atoms with Gasteiger partial charge in [-0.05, 0) is 31.0 Å². The molecule has 1 heterocycles. The Kier molecular flexibility index (Phi) is 3.80. The van der Waals surface area contributed by atoms with E-state index in [-0.39, 0.29) is 11.7 Å². The zero-order valence-corrected chi connectivity index (χ0v) is 10.7. The molecule has 0 fully saturated rings. The van der Waals surface area contributed by atoms with Crippen molar-refractivity contribution in [2.75, 3.05) is 0 Å². The Morgan fingerprint density at radius 3 is 2.55 bits per heavy atom. The molecule has 0 spiro atoms. The molecule has 1 atom stereocenters. The molecule has 2 N–H and O–H groups in total. The summed E-state index contributed by atoms with van der Waals surface area (Å²) in [6.45, 7) is 1.74. The van der Waals surface area contributed by atoms with E-state index in [0.29, 0.717) is 12.0 Å². The van der Waals surface area contributed by atoms with Crippen LogP contribution in [0, 0.1) is 5.82 Å². The van der Waals surface area contributed by atoms with Gasteiger partial charge in [-0.3, -0.25) is 0 Å². The lowest BCUT2D eigenvalue weighted by atomic mass is 10.1. The third-order valence-electron chi connectivity index (χ3n) is 2.72. The molecule has 7 heteroatoms. The number of alkyl halides is 3. The number of para-hydroxylation sites is 1. The van der Waals surface area contributed by atoms with E-state index in [9.17, 15) is 17.6 Å². The zero-order chi connectivity index (χ0) is 14.9. The van der Waals surface area contributed by atoms with Crippen LogP contribution in [0.15, 0.2) is 30.5 Å². The molecule has 0 aliphatic heterocycles. The summed E-state index contributed by atoms with van der Waals surface area (Å²) in [5.74, 6) is -0.639. The predicted octanol–water partition coefficient (Wildman–Crippen LogP) is 2.92. The Labute approximate surface area is 113 Å². The second-order valence-electron chi connectivity index (χ2n) is 4.57. The first-order chi connectivity index (χ1) is 9.29. The lowest BCUT2D eigenvalue weighted by Crippen LogP contribution is -2.19. The Bertz CT molecular complexity index is 602.